The molecule has 0 spiro atoms. The number of hydrogen-bond donors (Lipinski definition) is 0. The topological polar surface area (TPSA) is 57.5 Å². The average molecular weight is 494 g/mol. The molecule has 0 saturated carbocycles. The summed E-state index contributed by atoms with van der Waals surface area (Å²) in [5.74, 6) is -1.94. The van der Waals surface area contributed by atoms with E-state index in [0.29, 0.717) is 5.02 Å². The van der Waals surface area contributed by atoms with Crippen LogP contribution in [0.4, 0.5) is 0 Å². The normalized spacial score (nSPS) is 15.4. The van der Waals surface area contributed by atoms with Crippen molar-refractivity contribution in [3.8, 4) is 22.3 Å². The second-order valence-electron chi connectivity index (χ2n) is 11.2. The predicted molar refractivity (Wildman–Crippen MR) is 138 cm³/mol. The molecule has 0 amide bonds. The third-order valence-electron chi connectivity index (χ3n) is 6.46. The summed E-state index contributed by atoms with van der Waals surface area (Å²) in [6.07, 6.45) is 0.869. The van der Waals surface area contributed by atoms with Crippen LogP contribution in [0.1, 0.15) is 58.8 Å². The molecule has 2 aromatic carbocycles. The van der Waals surface area contributed by atoms with Crippen molar-refractivity contribution in [2.45, 2.75) is 60.4 Å². The van der Waals surface area contributed by atoms with Crippen molar-refractivity contribution in [3.63, 3.8) is 0 Å². The minimum absolute atomic E-state index is 0.0222. The number of benzene rings is 2. The Hall–Kier alpha value is -3.05. The van der Waals surface area contributed by atoms with Crippen LogP contribution >= 0.6 is 11.6 Å². The summed E-state index contributed by atoms with van der Waals surface area (Å²) >= 11 is 6.24. The second-order valence-corrected chi connectivity index (χ2v) is 11.6. The van der Waals surface area contributed by atoms with Gasteiger partial charge in [0, 0.05) is 41.0 Å². The first kappa shape index (κ1) is 25.1. The number of carbonyl (C=O) groups excluding carboxylic acids is 2. The van der Waals surface area contributed by atoms with E-state index in [1.807, 2.05) is 63.2 Å². The van der Waals surface area contributed by atoms with Crippen LogP contribution in [0.25, 0.3) is 22.3 Å². The number of aromatic nitrogens is 1. The molecule has 0 aliphatic carbocycles. The maximum Gasteiger partial charge on any atom is 0.365 e. The Morgan fingerprint density at radius 3 is 2.11 bits per heavy atom. The first-order valence-corrected chi connectivity index (χ1v) is 12.2. The molecule has 1 aromatic heterocycles. The molecule has 1 aliphatic rings. The van der Waals surface area contributed by atoms with E-state index < -0.39 is 23.3 Å². The molecule has 0 bridgehead atoms. The molecule has 0 radical (unpaired) electrons. The van der Waals surface area contributed by atoms with Crippen molar-refractivity contribution in [2.75, 3.05) is 0 Å². The number of nitrogens with zero attached hydrogens (tertiary/aromatic N) is 1. The zero-order valence-electron chi connectivity index (χ0n) is 21.1. The standard InChI is InChI=1S/C29H32ClNO4/c1-18(32)34-35-27(33)25(28(2,3)4)26-24(20-12-14-21(30)15-13-20)23(19-10-8-7-9-11-19)22-16-29(5,6)17-31(22)26/h7-15,25H,16-17H2,1-6H3. The Labute approximate surface area is 211 Å². The Kier molecular flexibility index (Phi) is 6.58. The van der Waals surface area contributed by atoms with E-state index in [1.54, 1.807) is 0 Å². The second kappa shape index (κ2) is 9.19. The van der Waals surface area contributed by atoms with Gasteiger partial charge in [-0.3, -0.25) is 0 Å². The van der Waals surface area contributed by atoms with Gasteiger partial charge in [-0.15, -0.1) is 0 Å². The van der Waals surface area contributed by atoms with Crippen molar-refractivity contribution >= 4 is 23.5 Å². The molecule has 6 heteroatoms. The summed E-state index contributed by atoms with van der Waals surface area (Å²) < 4.78 is 2.29. The number of fused-ring (bicyclic) bond motifs is 1. The van der Waals surface area contributed by atoms with Crippen molar-refractivity contribution < 1.29 is 19.4 Å². The van der Waals surface area contributed by atoms with Crippen LogP contribution in [0.15, 0.2) is 54.6 Å². The van der Waals surface area contributed by atoms with E-state index in [1.165, 1.54) is 12.6 Å². The molecule has 2 heterocycles. The van der Waals surface area contributed by atoms with Gasteiger partial charge in [0.25, 0.3) is 0 Å². The fourth-order valence-corrected chi connectivity index (χ4v) is 5.26. The van der Waals surface area contributed by atoms with Gasteiger partial charge in [0.1, 0.15) is 5.92 Å². The fourth-order valence-electron chi connectivity index (χ4n) is 5.14. The summed E-state index contributed by atoms with van der Waals surface area (Å²) in [5, 5.41) is 0.645. The molecule has 1 atom stereocenters. The van der Waals surface area contributed by atoms with Gasteiger partial charge in [-0.2, -0.15) is 0 Å². The first-order valence-electron chi connectivity index (χ1n) is 11.8. The van der Waals surface area contributed by atoms with Gasteiger partial charge < -0.3 is 4.57 Å². The quantitative estimate of drug-likeness (QED) is 0.284. The Morgan fingerprint density at radius 2 is 1.54 bits per heavy atom. The minimum Gasteiger partial charge on any atom is -0.346 e. The zero-order valence-corrected chi connectivity index (χ0v) is 21.9. The van der Waals surface area contributed by atoms with Crippen molar-refractivity contribution in [3.05, 3.63) is 71.0 Å². The van der Waals surface area contributed by atoms with Gasteiger partial charge >= 0.3 is 11.9 Å². The Balaban J connectivity index is 2.06. The first-order chi connectivity index (χ1) is 16.4. The number of rotatable bonds is 4. The van der Waals surface area contributed by atoms with Gasteiger partial charge in [0.2, 0.25) is 0 Å². The van der Waals surface area contributed by atoms with E-state index in [2.05, 4.69) is 30.5 Å². The fraction of sp³-hybridized carbons (Fsp3) is 0.379. The number of carbonyl (C=O) groups is 2. The van der Waals surface area contributed by atoms with Crippen LogP contribution < -0.4 is 0 Å². The smallest absolute Gasteiger partial charge is 0.346 e. The highest BCUT2D eigenvalue weighted by atomic mass is 35.5. The third-order valence-corrected chi connectivity index (χ3v) is 6.71. The lowest BCUT2D eigenvalue weighted by Gasteiger charge is -2.31. The van der Waals surface area contributed by atoms with Crippen LogP contribution in [0.5, 0.6) is 0 Å². The summed E-state index contributed by atoms with van der Waals surface area (Å²) in [5.41, 5.74) is 5.72. The lowest BCUT2D eigenvalue weighted by atomic mass is 9.75. The van der Waals surface area contributed by atoms with E-state index in [0.717, 1.165) is 40.9 Å². The molecule has 5 nitrogen and oxygen atoms in total. The largest absolute Gasteiger partial charge is 0.365 e. The highest BCUT2D eigenvalue weighted by Gasteiger charge is 2.45. The van der Waals surface area contributed by atoms with Gasteiger partial charge in [-0.25, -0.2) is 19.4 Å². The molecule has 3 aromatic rings. The van der Waals surface area contributed by atoms with Crippen LogP contribution in [0, 0.1) is 10.8 Å². The van der Waals surface area contributed by atoms with Gasteiger partial charge in [0.15, 0.2) is 0 Å². The number of hydrogen-bond acceptors (Lipinski definition) is 4. The summed E-state index contributed by atoms with van der Waals surface area (Å²) in [7, 11) is 0. The molecular weight excluding hydrogens is 462 g/mol. The van der Waals surface area contributed by atoms with E-state index in [9.17, 15) is 9.59 Å². The maximum absolute atomic E-state index is 13.5. The van der Waals surface area contributed by atoms with E-state index in [4.69, 9.17) is 21.4 Å². The Morgan fingerprint density at radius 1 is 0.943 bits per heavy atom. The molecule has 0 fully saturated rings. The molecular formula is C29H32ClNO4. The third kappa shape index (κ3) is 5.01. The lowest BCUT2D eigenvalue weighted by Crippen LogP contribution is -2.31. The zero-order chi connectivity index (χ0) is 25.5. The van der Waals surface area contributed by atoms with Crippen LogP contribution in [-0.4, -0.2) is 16.5 Å². The molecule has 35 heavy (non-hydrogen) atoms. The predicted octanol–water partition coefficient (Wildman–Crippen LogP) is 7.21. The summed E-state index contributed by atoms with van der Waals surface area (Å²) in [6, 6.07) is 18.0. The molecule has 0 saturated heterocycles. The summed E-state index contributed by atoms with van der Waals surface area (Å²) in [6.45, 7) is 12.5. The van der Waals surface area contributed by atoms with Crippen molar-refractivity contribution in [1.29, 1.82) is 0 Å². The Bertz CT molecular complexity index is 1250. The highest BCUT2D eigenvalue weighted by Crippen LogP contribution is 2.52. The summed E-state index contributed by atoms with van der Waals surface area (Å²) in [4.78, 5) is 34.7. The maximum atomic E-state index is 13.5. The molecule has 4 rings (SSSR count). The van der Waals surface area contributed by atoms with Crippen LogP contribution in [0.3, 0.4) is 0 Å². The van der Waals surface area contributed by atoms with Crippen molar-refractivity contribution in [2.24, 2.45) is 10.8 Å². The van der Waals surface area contributed by atoms with Gasteiger partial charge in [-0.05, 0) is 40.5 Å². The molecule has 0 N–H and O–H groups in total. The molecule has 1 unspecified atom stereocenters. The molecule has 1 aliphatic heterocycles. The molecule has 184 valence electrons. The van der Waals surface area contributed by atoms with Crippen molar-refractivity contribution in [1.82, 2.24) is 4.57 Å². The van der Waals surface area contributed by atoms with Gasteiger partial charge in [-0.1, -0.05) is 88.7 Å². The van der Waals surface area contributed by atoms with Crippen LogP contribution in [-0.2, 0) is 32.3 Å². The lowest BCUT2D eigenvalue weighted by molar-refractivity contribution is -0.260. The van der Waals surface area contributed by atoms with Crippen LogP contribution in [0.2, 0.25) is 5.02 Å². The monoisotopic (exact) mass is 493 g/mol. The average Bonchev–Trinajstić information content (AvgIpc) is 3.23. The van der Waals surface area contributed by atoms with Gasteiger partial charge in [0.05, 0.1) is 0 Å². The minimum atomic E-state index is -0.683. The SMILES string of the molecule is CC(=O)OOC(=O)C(c1c(-c2ccc(Cl)cc2)c(-c2ccccc2)c2n1CC(C)(C)C2)C(C)(C)C. The van der Waals surface area contributed by atoms with E-state index in [-0.39, 0.29) is 5.41 Å². The number of halogens is 1. The van der Waals surface area contributed by atoms with E-state index >= 15 is 0 Å². The highest BCUT2D eigenvalue weighted by molar-refractivity contribution is 6.30.